The van der Waals surface area contributed by atoms with Crippen molar-refractivity contribution in [1.29, 1.82) is 0 Å². The summed E-state index contributed by atoms with van der Waals surface area (Å²) in [6.45, 7) is 8.84. The molecule has 0 spiro atoms. The molecule has 0 amide bonds. The molecule has 0 radical (unpaired) electrons. The highest BCUT2D eigenvalue weighted by molar-refractivity contribution is 5.73. The van der Waals surface area contributed by atoms with Gasteiger partial charge in [-0.25, -0.2) is 0 Å². The summed E-state index contributed by atoms with van der Waals surface area (Å²) < 4.78 is 0. The van der Waals surface area contributed by atoms with Crippen molar-refractivity contribution in [3.05, 3.63) is 0 Å². The Labute approximate surface area is 140 Å². The van der Waals surface area contributed by atoms with Crippen LogP contribution in [0.5, 0.6) is 0 Å². The zero-order chi connectivity index (χ0) is 17.7. The van der Waals surface area contributed by atoms with E-state index in [-0.39, 0.29) is 6.54 Å². The van der Waals surface area contributed by atoms with Crippen LogP contribution in [0.1, 0.15) is 59.3 Å². The third-order valence-electron chi connectivity index (χ3n) is 3.94. The molecule has 0 saturated carbocycles. The number of hydrogen-bond acceptors (Lipinski definition) is 4. The Kier molecular flexibility index (Phi) is 12.7. The summed E-state index contributed by atoms with van der Waals surface area (Å²) in [6, 6.07) is -0.467. The fourth-order valence-corrected chi connectivity index (χ4v) is 2.77. The minimum Gasteiger partial charge on any atom is -0.480 e. The van der Waals surface area contributed by atoms with Crippen molar-refractivity contribution >= 4 is 11.9 Å². The first kappa shape index (κ1) is 21.9. The molecule has 0 aliphatic carbocycles. The molecular formula is C17H34N2O4. The summed E-state index contributed by atoms with van der Waals surface area (Å²) in [5.41, 5.74) is 0. The predicted molar refractivity (Wildman–Crippen MR) is 91.8 cm³/mol. The molecule has 23 heavy (non-hydrogen) atoms. The Balaban J connectivity index is 4.75. The van der Waals surface area contributed by atoms with Crippen LogP contribution in [0.2, 0.25) is 0 Å². The molecule has 0 aromatic carbocycles. The van der Waals surface area contributed by atoms with E-state index in [2.05, 4.69) is 6.92 Å². The fraction of sp³-hybridized carbons (Fsp3) is 0.882. The largest absolute Gasteiger partial charge is 0.480 e. The monoisotopic (exact) mass is 330 g/mol. The maximum Gasteiger partial charge on any atom is 0.320 e. The Hall–Kier alpha value is -1.14. The minimum atomic E-state index is -0.834. The van der Waals surface area contributed by atoms with E-state index >= 15 is 0 Å². The number of hydrogen-bond donors (Lipinski definition) is 2. The van der Waals surface area contributed by atoms with Crippen LogP contribution in [0.15, 0.2) is 0 Å². The van der Waals surface area contributed by atoms with Crippen LogP contribution in [-0.2, 0) is 9.59 Å². The topological polar surface area (TPSA) is 81.1 Å². The Morgan fingerprint density at radius 3 is 2.04 bits per heavy atom. The second-order valence-electron chi connectivity index (χ2n) is 6.06. The van der Waals surface area contributed by atoms with Gasteiger partial charge >= 0.3 is 11.9 Å². The number of carbonyl (C=O) groups is 2. The molecule has 0 heterocycles. The lowest BCUT2D eigenvalue weighted by molar-refractivity contribution is -0.144. The first-order chi connectivity index (χ1) is 11.0. The molecule has 2 N–H and O–H groups in total. The van der Waals surface area contributed by atoms with Crippen LogP contribution < -0.4 is 0 Å². The number of unbranched alkanes of at least 4 members (excludes halogenated alkanes) is 2. The van der Waals surface area contributed by atoms with Crippen molar-refractivity contribution in [3.8, 4) is 0 Å². The van der Waals surface area contributed by atoms with E-state index in [9.17, 15) is 14.7 Å². The van der Waals surface area contributed by atoms with E-state index in [0.717, 1.165) is 45.2 Å². The first-order valence-corrected chi connectivity index (χ1v) is 8.87. The van der Waals surface area contributed by atoms with Crippen LogP contribution in [-0.4, -0.2) is 70.7 Å². The molecule has 0 aliphatic heterocycles. The van der Waals surface area contributed by atoms with Gasteiger partial charge in [0.15, 0.2) is 0 Å². The van der Waals surface area contributed by atoms with Gasteiger partial charge in [0.25, 0.3) is 0 Å². The Bertz CT molecular complexity index is 337. The maximum atomic E-state index is 11.6. The molecule has 6 nitrogen and oxygen atoms in total. The summed E-state index contributed by atoms with van der Waals surface area (Å²) in [5, 5.41) is 18.5. The van der Waals surface area contributed by atoms with Crippen molar-refractivity contribution in [2.45, 2.75) is 65.3 Å². The summed E-state index contributed by atoms with van der Waals surface area (Å²) in [5.74, 6) is -1.61. The molecule has 0 aliphatic rings. The van der Waals surface area contributed by atoms with Gasteiger partial charge in [-0.1, -0.05) is 40.0 Å². The maximum absolute atomic E-state index is 11.6. The van der Waals surface area contributed by atoms with E-state index in [1.165, 1.54) is 0 Å². The molecule has 0 saturated heterocycles. The molecule has 6 heteroatoms. The van der Waals surface area contributed by atoms with Crippen molar-refractivity contribution in [3.63, 3.8) is 0 Å². The Morgan fingerprint density at radius 1 is 0.870 bits per heavy atom. The van der Waals surface area contributed by atoms with Gasteiger partial charge in [0.2, 0.25) is 0 Å². The summed E-state index contributed by atoms with van der Waals surface area (Å²) in [6.07, 6.45) is 5.52. The van der Waals surface area contributed by atoms with Crippen molar-refractivity contribution < 1.29 is 19.8 Å². The summed E-state index contributed by atoms with van der Waals surface area (Å²) in [4.78, 5) is 26.4. The number of carboxylic acid groups (broad SMARTS) is 2. The van der Waals surface area contributed by atoms with Gasteiger partial charge < -0.3 is 10.2 Å². The van der Waals surface area contributed by atoms with Gasteiger partial charge in [-0.05, 0) is 32.4 Å². The second-order valence-corrected chi connectivity index (χ2v) is 6.06. The molecule has 0 aromatic heterocycles. The lowest BCUT2D eigenvalue weighted by Gasteiger charge is -2.31. The van der Waals surface area contributed by atoms with Crippen LogP contribution in [0.25, 0.3) is 0 Å². The lowest BCUT2D eigenvalue weighted by atomic mass is 10.1. The van der Waals surface area contributed by atoms with E-state index in [0.29, 0.717) is 19.5 Å². The van der Waals surface area contributed by atoms with Gasteiger partial charge in [0, 0.05) is 13.1 Å². The van der Waals surface area contributed by atoms with Crippen LogP contribution in [0, 0.1) is 0 Å². The zero-order valence-electron chi connectivity index (χ0n) is 15.0. The second kappa shape index (κ2) is 13.3. The zero-order valence-corrected chi connectivity index (χ0v) is 15.0. The van der Waals surface area contributed by atoms with Gasteiger partial charge in [-0.3, -0.25) is 19.4 Å². The van der Waals surface area contributed by atoms with E-state index < -0.39 is 18.0 Å². The minimum absolute atomic E-state index is 0.0160. The number of aliphatic carboxylic acids is 2. The van der Waals surface area contributed by atoms with E-state index in [1.54, 1.807) is 0 Å². The average Bonchev–Trinajstić information content (AvgIpc) is 2.48. The smallest absolute Gasteiger partial charge is 0.320 e. The molecule has 1 atom stereocenters. The van der Waals surface area contributed by atoms with E-state index in [4.69, 9.17) is 5.11 Å². The van der Waals surface area contributed by atoms with Gasteiger partial charge in [-0.2, -0.15) is 0 Å². The molecular weight excluding hydrogens is 296 g/mol. The Morgan fingerprint density at radius 2 is 1.57 bits per heavy atom. The van der Waals surface area contributed by atoms with Crippen LogP contribution >= 0.6 is 0 Å². The van der Waals surface area contributed by atoms with Crippen LogP contribution in [0.4, 0.5) is 0 Å². The van der Waals surface area contributed by atoms with Gasteiger partial charge in [-0.15, -0.1) is 0 Å². The van der Waals surface area contributed by atoms with Crippen molar-refractivity contribution in [2.75, 3.05) is 32.7 Å². The summed E-state index contributed by atoms with van der Waals surface area (Å²) in [7, 11) is 0. The lowest BCUT2D eigenvalue weighted by Crippen LogP contribution is -2.46. The number of nitrogens with zero attached hydrogens (tertiary/aromatic N) is 2. The molecule has 136 valence electrons. The average molecular weight is 330 g/mol. The molecule has 1 unspecified atom stereocenters. The molecule has 0 rings (SSSR count). The molecule has 0 aromatic rings. The van der Waals surface area contributed by atoms with Crippen molar-refractivity contribution in [2.24, 2.45) is 0 Å². The van der Waals surface area contributed by atoms with Crippen LogP contribution in [0.3, 0.4) is 0 Å². The highest BCUT2D eigenvalue weighted by Crippen LogP contribution is 2.10. The summed E-state index contributed by atoms with van der Waals surface area (Å²) >= 11 is 0. The van der Waals surface area contributed by atoms with Crippen molar-refractivity contribution in [1.82, 2.24) is 9.80 Å². The number of carboxylic acids is 2. The standard InChI is InChI=1S/C17H34N2O4/c1-4-7-8-11-19(15(9-5-2)17(22)23)13-12-18(10-6-3)14-16(20)21/h15H,4-14H2,1-3H3,(H,20,21)(H,22,23). The highest BCUT2D eigenvalue weighted by atomic mass is 16.4. The third kappa shape index (κ3) is 10.3. The first-order valence-electron chi connectivity index (χ1n) is 8.87. The van der Waals surface area contributed by atoms with E-state index in [1.807, 2.05) is 23.6 Å². The molecule has 0 bridgehead atoms. The van der Waals surface area contributed by atoms with Gasteiger partial charge in [0.1, 0.15) is 6.04 Å². The van der Waals surface area contributed by atoms with Gasteiger partial charge in [0.05, 0.1) is 6.54 Å². The normalized spacial score (nSPS) is 12.7. The predicted octanol–water partition coefficient (Wildman–Crippen LogP) is 2.53. The SMILES string of the molecule is CCCCCN(CCN(CCC)CC(=O)O)C(CCC)C(=O)O. The highest BCUT2D eigenvalue weighted by Gasteiger charge is 2.24. The fourth-order valence-electron chi connectivity index (χ4n) is 2.77. The third-order valence-corrected chi connectivity index (χ3v) is 3.94. The quantitative estimate of drug-likeness (QED) is 0.449. The number of rotatable bonds is 15. The molecule has 0 fully saturated rings.